The molecular formula is C7H5FINO2. The van der Waals surface area contributed by atoms with Gasteiger partial charge in [0.15, 0.2) is 0 Å². The predicted molar refractivity (Wildman–Crippen MR) is 50.6 cm³/mol. The molecular weight excluding hydrogens is 276 g/mol. The number of non-ortho nitro benzene ring substituents is 1. The minimum Gasteiger partial charge on any atom is -0.258 e. The van der Waals surface area contributed by atoms with Gasteiger partial charge in [-0.3, -0.25) is 10.1 Å². The van der Waals surface area contributed by atoms with Gasteiger partial charge in [-0.25, -0.2) is 4.39 Å². The molecule has 12 heavy (non-hydrogen) atoms. The Labute approximate surface area is 81.9 Å². The van der Waals surface area contributed by atoms with Crippen LogP contribution in [0.5, 0.6) is 0 Å². The molecule has 1 rings (SSSR count). The molecule has 0 radical (unpaired) electrons. The smallest absolute Gasteiger partial charge is 0.258 e. The highest BCUT2D eigenvalue weighted by atomic mass is 127. The highest BCUT2D eigenvalue weighted by molar-refractivity contribution is 14.1. The van der Waals surface area contributed by atoms with Crippen molar-refractivity contribution in [3.63, 3.8) is 0 Å². The summed E-state index contributed by atoms with van der Waals surface area (Å²) in [6, 6.07) is 4.22. The fourth-order valence-electron chi connectivity index (χ4n) is 0.816. The molecule has 0 aliphatic carbocycles. The molecule has 0 aromatic heterocycles. The van der Waals surface area contributed by atoms with E-state index < -0.39 is 11.6 Å². The largest absolute Gasteiger partial charge is 0.270 e. The van der Waals surface area contributed by atoms with Gasteiger partial charge in [0.25, 0.3) is 5.69 Å². The van der Waals surface area contributed by atoms with Crippen molar-refractivity contribution in [1.82, 2.24) is 0 Å². The third-order valence-electron chi connectivity index (χ3n) is 1.31. The van der Waals surface area contributed by atoms with E-state index >= 15 is 0 Å². The molecule has 0 aliphatic rings. The Kier molecular flexibility index (Phi) is 2.96. The summed E-state index contributed by atoms with van der Waals surface area (Å²) in [5, 5.41) is 10.3. The quantitative estimate of drug-likeness (QED) is 0.475. The molecule has 0 N–H and O–H groups in total. The topological polar surface area (TPSA) is 43.1 Å². The summed E-state index contributed by atoms with van der Waals surface area (Å²) in [4.78, 5) is 9.77. The molecule has 0 saturated carbocycles. The van der Waals surface area contributed by atoms with E-state index in [1.165, 1.54) is 12.1 Å². The first kappa shape index (κ1) is 9.37. The number of benzene rings is 1. The van der Waals surface area contributed by atoms with Gasteiger partial charge in [0.1, 0.15) is 6.67 Å². The van der Waals surface area contributed by atoms with Crippen molar-refractivity contribution >= 4 is 28.3 Å². The molecule has 3 nitrogen and oxygen atoms in total. The number of rotatable bonds is 2. The Morgan fingerprint density at radius 3 is 2.67 bits per heavy atom. The molecule has 64 valence electrons. The van der Waals surface area contributed by atoms with Crippen LogP contribution < -0.4 is 0 Å². The summed E-state index contributed by atoms with van der Waals surface area (Å²) in [5.74, 6) is 0. The van der Waals surface area contributed by atoms with E-state index in [1.807, 2.05) is 22.6 Å². The third kappa shape index (κ3) is 2.13. The van der Waals surface area contributed by atoms with E-state index in [-0.39, 0.29) is 5.69 Å². The second-order valence-corrected chi connectivity index (χ2v) is 3.45. The Balaban J connectivity index is 3.15. The van der Waals surface area contributed by atoms with Gasteiger partial charge in [-0.1, -0.05) is 0 Å². The molecule has 0 unspecified atom stereocenters. The number of nitro benzene ring substituents is 1. The summed E-state index contributed by atoms with van der Waals surface area (Å²) in [7, 11) is 0. The van der Waals surface area contributed by atoms with Gasteiger partial charge in [-0.05, 0) is 34.2 Å². The Bertz CT molecular complexity index is 316. The first-order valence-corrected chi connectivity index (χ1v) is 4.21. The lowest BCUT2D eigenvalue weighted by atomic mass is 10.2. The lowest BCUT2D eigenvalue weighted by Crippen LogP contribution is -1.90. The van der Waals surface area contributed by atoms with Crippen LogP contribution in [0.25, 0.3) is 0 Å². The molecule has 0 atom stereocenters. The maximum absolute atomic E-state index is 12.1. The van der Waals surface area contributed by atoms with Gasteiger partial charge in [-0.15, -0.1) is 0 Å². The van der Waals surface area contributed by atoms with Crippen molar-refractivity contribution in [2.45, 2.75) is 6.67 Å². The summed E-state index contributed by atoms with van der Waals surface area (Å²) in [6.07, 6.45) is 0. The van der Waals surface area contributed by atoms with Crippen LogP contribution in [0.3, 0.4) is 0 Å². The van der Waals surface area contributed by atoms with E-state index in [1.54, 1.807) is 6.07 Å². The second kappa shape index (κ2) is 3.79. The van der Waals surface area contributed by atoms with E-state index in [0.717, 1.165) is 0 Å². The van der Waals surface area contributed by atoms with Crippen LogP contribution in [0, 0.1) is 13.7 Å². The van der Waals surface area contributed by atoms with Gasteiger partial charge >= 0.3 is 0 Å². The lowest BCUT2D eigenvalue weighted by molar-refractivity contribution is -0.385. The van der Waals surface area contributed by atoms with Gasteiger partial charge in [0.05, 0.1) is 4.92 Å². The summed E-state index contributed by atoms with van der Waals surface area (Å²) in [5.41, 5.74) is 0.281. The van der Waals surface area contributed by atoms with Crippen molar-refractivity contribution < 1.29 is 9.31 Å². The van der Waals surface area contributed by atoms with Crippen LogP contribution in [0.1, 0.15) is 5.56 Å². The van der Waals surface area contributed by atoms with E-state index in [2.05, 4.69) is 0 Å². The Morgan fingerprint density at radius 1 is 1.50 bits per heavy atom. The van der Waals surface area contributed by atoms with Gasteiger partial charge in [0, 0.05) is 15.7 Å². The van der Waals surface area contributed by atoms with Gasteiger partial charge in [0.2, 0.25) is 0 Å². The Hall–Kier alpha value is -0.720. The minimum atomic E-state index is -0.669. The van der Waals surface area contributed by atoms with Crippen LogP contribution in [-0.2, 0) is 6.67 Å². The Morgan fingerprint density at radius 2 is 2.17 bits per heavy atom. The van der Waals surface area contributed by atoms with Crippen LogP contribution in [0.2, 0.25) is 0 Å². The molecule has 1 aromatic rings. The van der Waals surface area contributed by atoms with Crippen molar-refractivity contribution in [1.29, 1.82) is 0 Å². The number of hydrogen-bond donors (Lipinski definition) is 0. The molecule has 0 heterocycles. The highest BCUT2D eigenvalue weighted by Crippen LogP contribution is 2.18. The SMILES string of the molecule is O=[N+]([O-])c1cc(I)cc(CF)c1. The zero-order chi connectivity index (χ0) is 9.14. The van der Waals surface area contributed by atoms with Crippen molar-refractivity contribution in [3.8, 4) is 0 Å². The lowest BCUT2D eigenvalue weighted by Gasteiger charge is -1.96. The summed E-state index contributed by atoms with van der Waals surface area (Å²) in [6.45, 7) is -0.669. The second-order valence-electron chi connectivity index (χ2n) is 2.21. The van der Waals surface area contributed by atoms with Gasteiger partial charge in [-0.2, -0.15) is 0 Å². The fourth-order valence-corrected chi connectivity index (χ4v) is 1.53. The zero-order valence-corrected chi connectivity index (χ0v) is 8.12. The van der Waals surface area contributed by atoms with E-state index in [4.69, 9.17) is 0 Å². The standard InChI is InChI=1S/C7H5FINO2/c8-4-5-1-6(9)3-7(2-5)10(11)12/h1-3H,4H2. The van der Waals surface area contributed by atoms with Crippen LogP contribution >= 0.6 is 22.6 Å². The number of nitro groups is 1. The monoisotopic (exact) mass is 281 g/mol. The maximum atomic E-state index is 12.1. The first-order chi connectivity index (χ1) is 5.63. The molecule has 0 aliphatic heterocycles. The van der Waals surface area contributed by atoms with Gasteiger partial charge < -0.3 is 0 Å². The molecule has 0 amide bonds. The summed E-state index contributed by atoms with van der Waals surface area (Å²) < 4.78 is 12.8. The molecule has 1 aromatic carbocycles. The molecule has 0 bridgehead atoms. The number of halogens is 2. The van der Waals surface area contributed by atoms with Crippen molar-refractivity contribution in [2.24, 2.45) is 0 Å². The van der Waals surface area contributed by atoms with Crippen LogP contribution in [-0.4, -0.2) is 4.92 Å². The molecule has 0 fully saturated rings. The van der Waals surface area contributed by atoms with E-state index in [0.29, 0.717) is 9.13 Å². The normalized spacial score (nSPS) is 9.83. The molecule has 5 heteroatoms. The third-order valence-corrected chi connectivity index (χ3v) is 1.93. The number of hydrogen-bond acceptors (Lipinski definition) is 2. The average molecular weight is 281 g/mol. The zero-order valence-electron chi connectivity index (χ0n) is 5.96. The van der Waals surface area contributed by atoms with Crippen LogP contribution in [0.15, 0.2) is 18.2 Å². The molecule has 0 saturated heterocycles. The minimum absolute atomic E-state index is 0.0606. The van der Waals surface area contributed by atoms with Crippen molar-refractivity contribution in [3.05, 3.63) is 37.4 Å². The fraction of sp³-hybridized carbons (Fsp3) is 0.143. The molecule has 0 spiro atoms. The summed E-state index contributed by atoms with van der Waals surface area (Å²) >= 11 is 1.92. The maximum Gasteiger partial charge on any atom is 0.270 e. The van der Waals surface area contributed by atoms with Crippen molar-refractivity contribution in [2.75, 3.05) is 0 Å². The average Bonchev–Trinajstić information content (AvgIpc) is 2.03. The highest BCUT2D eigenvalue weighted by Gasteiger charge is 2.07. The number of nitrogens with zero attached hydrogens (tertiary/aromatic N) is 1. The predicted octanol–water partition coefficient (Wildman–Crippen LogP) is 2.67. The first-order valence-electron chi connectivity index (χ1n) is 3.13. The number of alkyl halides is 1. The van der Waals surface area contributed by atoms with Crippen LogP contribution in [0.4, 0.5) is 10.1 Å². The van der Waals surface area contributed by atoms with E-state index in [9.17, 15) is 14.5 Å².